The van der Waals surface area contributed by atoms with Gasteiger partial charge in [0.15, 0.2) is 0 Å². The van der Waals surface area contributed by atoms with E-state index in [1.165, 1.54) is 0 Å². The third kappa shape index (κ3) is 3.26. The summed E-state index contributed by atoms with van der Waals surface area (Å²) in [5.74, 6) is 0.421. The summed E-state index contributed by atoms with van der Waals surface area (Å²) < 4.78 is 56.9. The first-order valence-electron chi connectivity index (χ1n) is 12.9. The first-order valence-corrected chi connectivity index (χ1v) is 16.7. The Hall–Kier alpha value is -2.35. The monoisotopic (exact) mass is 548 g/mol. The maximum Gasteiger partial charge on any atom is 0.204 e. The van der Waals surface area contributed by atoms with Gasteiger partial charge >= 0.3 is 0 Å². The van der Waals surface area contributed by atoms with Gasteiger partial charge in [-0.3, -0.25) is 0 Å². The summed E-state index contributed by atoms with van der Waals surface area (Å²) in [6.45, 7) is 0. The molecule has 0 spiro atoms. The summed E-state index contributed by atoms with van der Waals surface area (Å²) in [4.78, 5) is 1.84. The van der Waals surface area contributed by atoms with Gasteiger partial charge in [-0.05, 0) is 79.8 Å². The van der Waals surface area contributed by atoms with Crippen LogP contribution in [0, 0.1) is 29.6 Å². The lowest BCUT2D eigenvalue weighted by Gasteiger charge is -2.47. The van der Waals surface area contributed by atoms with E-state index < -0.39 is 19.7 Å². The van der Waals surface area contributed by atoms with Crippen molar-refractivity contribution in [3.8, 4) is 0 Å². The third-order valence-electron chi connectivity index (χ3n) is 9.23. The van der Waals surface area contributed by atoms with E-state index in [1.54, 1.807) is 60.7 Å². The number of hydrogen-bond acceptors (Lipinski definition) is 5. The quantitative estimate of drug-likeness (QED) is 0.335. The van der Waals surface area contributed by atoms with Gasteiger partial charge in [0.05, 0.1) is 19.6 Å². The van der Waals surface area contributed by atoms with E-state index in [0.717, 1.165) is 24.2 Å². The molecule has 0 heterocycles. The summed E-state index contributed by atoms with van der Waals surface area (Å²) in [6, 6.07) is 27.0. The number of allylic oxidation sites excluding steroid dienone is 2. The topological polar surface area (TPSA) is 68.3 Å². The average molecular weight is 549 g/mol. The summed E-state index contributed by atoms with van der Waals surface area (Å²) in [5.41, 5.74) is 0. The first-order chi connectivity index (χ1) is 17.8. The van der Waals surface area contributed by atoms with Gasteiger partial charge in [-0.1, -0.05) is 54.6 Å². The molecule has 3 saturated carbocycles. The molecule has 3 aromatic rings. The van der Waals surface area contributed by atoms with Gasteiger partial charge in [0, 0.05) is 21.5 Å². The second-order valence-electron chi connectivity index (χ2n) is 10.8. The second-order valence-corrected chi connectivity index (χ2v) is 16.0. The van der Waals surface area contributed by atoms with Crippen molar-refractivity contribution in [1.29, 1.82) is 0 Å². The molecule has 190 valence electrons. The molecular weight excluding hydrogens is 521 g/mol. The van der Waals surface area contributed by atoms with Crippen molar-refractivity contribution in [3.05, 3.63) is 101 Å². The fourth-order valence-corrected chi connectivity index (χ4v) is 14.4. The van der Waals surface area contributed by atoms with E-state index in [0.29, 0.717) is 18.3 Å². The molecule has 0 amide bonds. The van der Waals surface area contributed by atoms with Crippen molar-refractivity contribution in [2.45, 2.75) is 45.1 Å². The highest BCUT2D eigenvalue weighted by Gasteiger charge is 2.74. The molecule has 3 fully saturated rings. The van der Waals surface area contributed by atoms with Crippen LogP contribution in [0.1, 0.15) is 25.7 Å². The average Bonchev–Trinajstić information content (AvgIpc) is 3.69. The molecule has 4 bridgehead atoms. The summed E-state index contributed by atoms with van der Waals surface area (Å²) in [5, 5.41) is 0. The molecule has 7 heteroatoms. The van der Waals surface area contributed by atoms with Gasteiger partial charge in [-0.2, -0.15) is 0 Å². The predicted molar refractivity (Wildman–Crippen MR) is 145 cm³/mol. The minimum Gasteiger partial charge on any atom is -0.219 e. The van der Waals surface area contributed by atoms with Crippen LogP contribution in [0.25, 0.3) is 0 Å². The number of benzene rings is 3. The van der Waals surface area contributed by atoms with Gasteiger partial charge in [-0.25, -0.2) is 16.8 Å². The van der Waals surface area contributed by atoms with Gasteiger partial charge in [0.25, 0.3) is 0 Å². The minimum absolute atomic E-state index is 0.166. The van der Waals surface area contributed by atoms with E-state index in [4.69, 9.17) is 0 Å². The Morgan fingerprint density at radius 1 is 0.649 bits per heavy atom. The number of sulfone groups is 2. The van der Waals surface area contributed by atoms with Crippen molar-refractivity contribution in [1.82, 2.24) is 0 Å². The zero-order valence-electron chi connectivity index (χ0n) is 20.2. The van der Waals surface area contributed by atoms with Crippen molar-refractivity contribution in [3.63, 3.8) is 0 Å². The summed E-state index contributed by atoms with van der Waals surface area (Å²) in [7, 11) is -7.98. The van der Waals surface area contributed by atoms with Crippen molar-refractivity contribution < 1.29 is 16.8 Å². The maximum absolute atomic E-state index is 14.4. The van der Waals surface area contributed by atoms with Gasteiger partial charge in [-0.15, -0.1) is 11.8 Å². The van der Waals surface area contributed by atoms with Gasteiger partial charge in [0.1, 0.15) is 0 Å². The molecule has 7 rings (SSSR count). The molecule has 37 heavy (non-hydrogen) atoms. The Morgan fingerprint density at radius 2 is 1.19 bits per heavy atom. The standard InChI is InChI=1S/C30H28O4S3/c31-36(32,23-12-6-2-7-13-23)28-25-19-26(29(28)37(33,34)24-14-8-3-9-15-24)30(35-22-10-4-1-5-11-22)21-17-16-20(18-21)27(25)30/h1-15,20-21,25-27H,16-19H2/t20-,21-,25-,26+,27+,30+/m0/s1. The highest BCUT2D eigenvalue weighted by atomic mass is 32.2. The zero-order valence-corrected chi connectivity index (χ0v) is 22.7. The molecule has 0 saturated heterocycles. The lowest BCUT2D eigenvalue weighted by molar-refractivity contribution is 0.235. The normalized spacial score (nSPS) is 32.2. The fourth-order valence-electron chi connectivity index (χ4n) is 8.09. The second kappa shape index (κ2) is 8.32. The smallest absolute Gasteiger partial charge is 0.204 e. The zero-order chi connectivity index (χ0) is 25.4. The highest BCUT2D eigenvalue weighted by Crippen LogP contribution is 2.77. The van der Waals surface area contributed by atoms with E-state index in [2.05, 4.69) is 12.1 Å². The summed E-state index contributed by atoms with van der Waals surface area (Å²) >= 11 is 1.83. The molecule has 0 unspecified atom stereocenters. The Balaban J connectivity index is 1.49. The van der Waals surface area contributed by atoms with Crippen LogP contribution in [0.3, 0.4) is 0 Å². The molecule has 4 aliphatic rings. The molecule has 0 aliphatic heterocycles. The minimum atomic E-state index is -4.01. The van der Waals surface area contributed by atoms with Crippen LogP contribution in [0.2, 0.25) is 0 Å². The van der Waals surface area contributed by atoms with Crippen molar-refractivity contribution in [2.75, 3.05) is 0 Å². The van der Waals surface area contributed by atoms with Crippen LogP contribution >= 0.6 is 11.8 Å². The van der Waals surface area contributed by atoms with Crippen LogP contribution in [0.4, 0.5) is 0 Å². The Morgan fingerprint density at radius 3 is 1.78 bits per heavy atom. The molecule has 3 aromatic carbocycles. The fraction of sp³-hybridized carbons (Fsp3) is 0.333. The largest absolute Gasteiger partial charge is 0.219 e. The molecule has 0 radical (unpaired) electrons. The van der Waals surface area contributed by atoms with Gasteiger partial charge < -0.3 is 0 Å². The maximum atomic E-state index is 14.4. The van der Waals surface area contributed by atoms with Crippen LogP contribution in [-0.2, 0) is 19.7 Å². The van der Waals surface area contributed by atoms with E-state index in [-0.39, 0.29) is 42.1 Å². The van der Waals surface area contributed by atoms with Crippen LogP contribution in [0.15, 0.2) is 115 Å². The molecule has 4 nitrogen and oxygen atoms in total. The molecule has 0 aromatic heterocycles. The number of hydrogen-bond donors (Lipinski definition) is 0. The van der Waals surface area contributed by atoms with E-state index in [9.17, 15) is 16.8 Å². The highest BCUT2D eigenvalue weighted by molar-refractivity contribution is 8.01. The lowest BCUT2D eigenvalue weighted by Crippen LogP contribution is -2.47. The van der Waals surface area contributed by atoms with Crippen LogP contribution < -0.4 is 0 Å². The van der Waals surface area contributed by atoms with Crippen LogP contribution in [-0.4, -0.2) is 21.6 Å². The first kappa shape index (κ1) is 23.7. The summed E-state index contributed by atoms with van der Waals surface area (Å²) in [6.07, 6.45) is 3.86. The number of thioether (sulfide) groups is 1. The van der Waals surface area contributed by atoms with Crippen LogP contribution in [0.5, 0.6) is 0 Å². The lowest BCUT2D eigenvalue weighted by atomic mass is 9.72. The third-order valence-corrected chi connectivity index (χ3v) is 15.1. The van der Waals surface area contributed by atoms with E-state index >= 15 is 0 Å². The number of rotatable bonds is 6. The van der Waals surface area contributed by atoms with E-state index in [1.807, 2.05) is 30.0 Å². The Bertz CT molecular complexity index is 1600. The number of fused-ring (bicyclic) bond motifs is 9. The predicted octanol–water partition coefficient (Wildman–Crippen LogP) is 6.37. The Kier molecular flexibility index (Phi) is 5.34. The molecule has 0 N–H and O–H groups in total. The SMILES string of the molecule is O=S(=O)(C1=C(S(=O)(=O)c2ccccc2)[C@H]2C[C@H]1[C@H]1[C@H]3CC[C@@H](C3)[C@]12Sc1ccccc1)c1ccccc1. The molecule has 6 atom stereocenters. The van der Waals surface area contributed by atoms with Crippen molar-refractivity contribution in [2.24, 2.45) is 29.6 Å². The molecule has 4 aliphatic carbocycles. The van der Waals surface area contributed by atoms with Crippen molar-refractivity contribution >= 4 is 31.4 Å². The van der Waals surface area contributed by atoms with Gasteiger partial charge in [0.2, 0.25) is 19.7 Å². The molecular formula is C30H28O4S3. The Labute approximate surface area is 223 Å².